The molecule has 0 atom stereocenters. The lowest BCUT2D eigenvalue weighted by molar-refractivity contribution is -0.105. The second-order valence-corrected chi connectivity index (χ2v) is 10.6. The van der Waals surface area contributed by atoms with Crippen molar-refractivity contribution in [2.75, 3.05) is 41.3 Å². The number of carbonyl (C=O) groups excluding carboxylic acids is 3. The van der Waals surface area contributed by atoms with Crippen LogP contribution in [0.3, 0.4) is 0 Å². The summed E-state index contributed by atoms with van der Waals surface area (Å²) in [6.45, 7) is 2.54. The van der Waals surface area contributed by atoms with Crippen LogP contribution in [-0.4, -0.2) is 76.7 Å². The molecule has 0 spiro atoms. The summed E-state index contributed by atoms with van der Waals surface area (Å²) in [6, 6.07) is 14.1. The predicted octanol–water partition coefficient (Wildman–Crippen LogP) is 3.56. The number of nitrogens with zero attached hydrogens (tertiary/aromatic N) is 5. The first-order valence-electron chi connectivity index (χ1n) is 14.1. The van der Waals surface area contributed by atoms with Crippen LogP contribution < -0.4 is 19.9 Å². The third-order valence-electron chi connectivity index (χ3n) is 7.99. The van der Waals surface area contributed by atoms with Crippen LogP contribution in [0.25, 0.3) is 0 Å². The summed E-state index contributed by atoms with van der Waals surface area (Å²) in [7, 11) is 0. The van der Waals surface area contributed by atoms with Gasteiger partial charge >= 0.3 is 6.09 Å². The molecule has 12 heteroatoms. The fraction of sp³-hybridized carbons (Fsp3) is 0.367. The third-order valence-corrected chi connectivity index (χ3v) is 7.99. The molecule has 0 saturated carbocycles. The molecule has 2 saturated heterocycles. The summed E-state index contributed by atoms with van der Waals surface area (Å²) >= 11 is 0. The highest BCUT2D eigenvalue weighted by molar-refractivity contribution is 5.97. The van der Waals surface area contributed by atoms with Crippen LogP contribution >= 0.6 is 0 Å². The maximum atomic E-state index is 13.3. The highest BCUT2D eigenvalue weighted by atomic mass is 16.6. The summed E-state index contributed by atoms with van der Waals surface area (Å²) in [5, 5.41) is 13.3. The Morgan fingerprint density at radius 1 is 1.05 bits per heavy atom. The number of nitrogens with one attached hydrogen (secondary N) is 1. The fourth-order valence-electron chi connectivity index (χ4n) is 5.79. The first-order valence-corrected chi connectivity index (χ1v) is 14.1. The Balaban J connectivity index is 1.03. The van der Waals surface area contributed by atoms with Crippen LogP contribution in [0.5, 0.6) is 11.5 Å². The number of cyclic esters (lactones) is 1. The summed E-state index contributed by atoms with van der Waals surface area (Å²) in [4.78, 5) is 50.7. The Morgan fingerprint density at radius 3 is 2.60 bits per heavy atom. The number of aromatic nitrogens is 2. The molecule has 3 aromatic rings. The van der Waals surface area contributed by atoms with Gasteiger partial charge in [0, 0.05) is 62.9 Å². The fourth-order valence-corrected chi connectivity index (χ4v) is 5.79. The molecule has 218 valence electrons. The van der Waals surface area contributed by atoms with Crippen molar-refractivity contribution in [3.05, 3.63) is 65.9 Å². The Labute approximate surface area is 242 Å². The Bertz CT molecular complexity index is 1470. The van der Waals surface area contributed by atoms with Gasteiger partial charge in [0.05, 0.1) is 11.3 Å². The number of aromatic hydroxyl groups is 1. The zero-order valence-electron chi connectivity index (χ0n) is 23.0. The molecule has 2 fully saturated rings. The summed E-state index contributed by atoms with van der Waals surface area (Å²) in [5.41, 5.74) is 2.06. The van der Waals surface area contributed by atoms with E-state index in [1.54, 1.807) is 34.2 Å². The number of phenolic OH excluding ortho intramolecular Hbond substituents is 1. The number of phenols is 1. The molecule has 0 bridgehead atoms. The smallest absolute Gasteiger partial charge is 0.414 e. The second-order valence-electron chi connectivity index (χ2n) is 10.6. The van der Waals surface area contributed by atoms with Gasteiger partial charge in [-0.2, -0.15) is 4.98 Å². The van der Waals surface area contributed by atoms with Gasteiger partial charge in [-0.15, -0.1) is 0 Å². The average Bonchev–Trinajstić information content (AvgIpc) is 3.02. The van der Waals surface area contributed by atoms with Crippen LogP contribution in [0, 0.1) is 0 Å². The van der Waals surface area contributed by atoms with Gasteiger partial charge in [0.1, 0.15) is 30.0 Å². The van der Waals surface area contributed by atoms with Gasteiger partial charge in [-0.3, -0.25) is 14.5 Å². The lowest BCUT2D eigenvalue weighted by Gasteiger charge is -2.40. The molecule has 42 heavy (non-hydrogen) atoms. The molecule has 6 rings (SSSR count). The van der Waals surface area contributed by atoms with Crippen LogP contribution in [0.2, 0.25) is 0 Å². The number of hydrogen-bond acceptors (Lipinski definition) is 9. The number of hydrogen-bond donors (Lipinski definition) is 2. The number of anilines is 3. The molecule has 0 unspecified atom stereocenters. The van der Waals surface area contributed by atoms with E-state index in [1.165, 1.54) is 6.07 Å². The van der Waals surface area contributed by atoms with Gasteiger partial charge in [-0.25, -0.2) is 9.78 Å². The van der Waals surface area contributed by atoms with Crippen molar-refractivity contribution in [1.82, 2.24) is 14.9 Å². The SMILES string of the molecule is O=CNc1ccnc(N2CCC(Oc3ccc(C(=O)N4CCC(N5C(=O)OCc6ccccc65)CC4)c(O)c3)CC2)n1. The predicted molar refractivity (Wildman–Crippen MR) is 154 cm³/mol. The van der Waals surface area contributed by atoms with E-state index in [9.17, 15) is 19.5 Å². The van der Waals surface area contributed by atoms with Gasteiger partial charge in [0.2, 0.25) is 12.4 Å². The number of rotatable bonds is 7. The molecule has 2 N–H and O–H groups in total. The minimum atomic E-state index is -0.355. The minimum absolute atomic E-state index is 0.0656. The van der Waals surface area contributed by atoms with E-state index in [1.807, 2.05) is 29.2 Å². The third kappa shape index (κ3) is 5.65. The maximum absolute atomic E-state index is 13.3. The topological polar surface area (TPSA) is 137 Å². The molecule has 3 aliphatic rings. The largest absolute Gasteiger partial charge is 0.507 e. The molecule has 12 nitrogen and oxygen atoms in total. The van der Waals surface area contributed by atoms with Crippen LogP contribution in [0.15, 0.2) is 54.7 Å². The van der Waals surface area contributed by atoms with Crippen LogP contribution in [0.1, 0.15) is 41.6 Å². The molecule has 3 amide bonds. The second kappa shape index (κ2) is 11.9. The Hall–Kier alpha value is -4.87. The van der Waals surface area contributed by atoms with Crippen molar-refractivity contribution < 1.29 is 29.0 Å². The van der Waals surface area contributed by atoms with Crippen molar-refractivity contribution in [2.45, 2.75) is 44.4 Å². The van der Waals surface area contributed by atoms with E-state index >= 15 is 0 Å². The minimum Gasteiger partial charge on any atom is -0.507 e. The first-order chi connectivity index (χ1) is 20.5. The van der Waals surface area contributed by atoms with Gasteiger partial charge in [-0.05, 0) is 37.1 Å². The van der Waals surface area contributed by atoms with Crippen molar-refractivity contribution in [3.8, 4) is 11.5 Å². The summed E-state index contributed by atoms with van der Waals surface area (Å²) < 4.78 is 11.5. The lowest BCUT2D eigenvalue weighted by atomic mass is 10.00. The normalized spacial score (nSPS) is 17.8. The van der Waals surface area contributed by atoms with E-state index in [0.29, 0.717) is 62.9 Å². The quantitative estimate of drug-likeness (QED) is 0.407. The van der Waals surface area contributed by atoms with Gasteiger partial charge < -0.3 is 29.7 Å². The highest BCUT2D eigenvalue weighted by Gasteiger charge is 2.35. The summed E-state index contributed by atoms with van der Waals surface area (Å²) in [6.07, 6.45) is 4.43. The number of ether oxygens (including phenoxy) is 2. The molecule has 0 aliphatic carbocycles. The molecule has 3 aliphatic heterocycles. The monoisotopic (exact) mass is 572 g/mol. The van der Waals surface area contributed by atoms with Crippen molar-refractivity contribution in [2.24, 2.45) is 0 Å². The number of benzene rings is 2. The molecular formula is C30H32N6O6. The van der Waals surface area contributed by atoms with Crippen molar-refractivity contribution in [1.29, 1.82) is 0 Å². The number of likely N-dealkylation sites (tertiary alicyclic amines) is 1. The van der Waals surface area contributed by atoms with Crippen LogP contribution in [0.4, 0.5) is 22.2 Å². The zero-order valence-corrected chi connectivity index (χ0v) is 23.0. The highest BCUT2D eigenvalue weighted by Crippen LogP contribution is 2.33. The number of amides is 3. The number of fused-ring (bicyclic) bond motifs is 1. The zero-order chi connectivity index (χ0) is 29.1. The van der Waals surface area contributed by atoms with E-state index in [4.69, 9.17) is 9.47 Å². The van der Waals surface area contributed by atoms with Gasteiger partial charge in [0.15, 0.2) is 0 Å². The van der Waals surface area contributed by atoms with E-state index in [-0.39, 0.29) is 42.1 Å². The molecule has 2 aromatic carbocycles. The number of para-hydroxylation sites is 1. The van der Waals surface area contributed by atoms with E-state index in [2.05, 4.69) is 15.3 Å². The van der Waals surface area contributed by atoms with Gasteiger partial charge in [-0.1, -0.05) is 18.2 Å². The van der Waals surface area contributed by atoms with E-state index in [0.717, 1.165) is 24.1 Å². The Kier molecular flexibility index (Phi) is 7.76. The molecule has 4 heterocycles. The lowest BCUT2D eigenvalue weighted by Crippen LogP contribution is -2.50. The molecule has 1 aromatic heterocycles. The van der Waals surface area contributed by atoms with Crippen LogP contribution in [-0.2, 0) is 16.1 Å². The molecule has 0 radical (unpaired) electrons. The van der Waals surface area contributed by atoms with E-state index < -0.39 is 0 Å². The Morgan fingerprint density at radius 2 is 1.83 bits per heavy atom. The maximum Gasteiger partial charge on any atom is 0.414 e. The number of carbonyl (C=O) groups is 3. The average molecular weight is 573 g/mol. The number of piperidine rings is 2. The first kappa shape index (κ1) is 27.3. The van der Waals surface area contributed by atoms with Crippen molar-refractivity contribution in [3.63, 3.8) is 0 Å². The van der Waals surface area contributed by atoms with Crippen molar-refractivity contribution >= 4 is 35.9 Å². The summed E-state index contributed by atoms with van der Waals surface area (Å²) in [5.74, 6) is 1.11. The van der Waals surface area contributed by atoms with Gasteiger partial charge in [0.25, 0.3) is 5.91 Å². The molecular weight excluding hydrogens is 540 g/mol. The standard InChI is InChI=1S/C30H32N6O6/c37-19-32-27-7-12-31-29(33-27)35-15-10-22(11-16-35)42-23-5-6-24(26(38)17-23)28(39)34-13-8-21(9-14-34)36-25-4-2-1-3-20(25)18-41-30(36)40/h1-7,12,17,19,21-22,38H,8-11,13-16,18H2,(H,31,32,33,37).